The molecule has 11 heavy (non-hydrogen) atoms. The molecule has 0 aromatic heterocycles. The van der Waals surface area contributed by atoms with Gasteiger partial charge in [-0.3, -0.25) is 4.79 Å². The van der Waals surface area contributed by atoms with Gasteiger partial charge in [0.2, 0.25) is 0 Å². The second-order valence-electron chi connectivity index (χ2n) is 3.51. The Morgan fingerprint density at radius 2 is 2.36 bits per heavy atom. The number of hydrogen-bond donors (Lipinski definition) is 1. The Morgan fingerprint density at radius 3 is 2.82 bits per heavy atom. The molecule has 1 saturated heterocycles. The molecule has 0 radical (unpaired) electrons. The van der Waals surface area contributed by atoms with Crippen molar-refractivity contribution in [3.05, 3.63) is 0 Å². The number of piperidine rings is 1. The number of carbonyl (C=O) groups is 1. The van der Waals surface area contributed by atoms with E-state index in [0.717, 1.165) is 18.4 Å². The van der Waals surface area contributed by atoms with Crippen molar-refractivity contribution in [2.24, 2.45) is 17.8 Å². The van der Waals surface area contributed by atoms with Gasteiger partial charge in [-0.15, -0.1) is 0 Å². The average Bonchev–Trinajstić information content (AvgIpc) is 2.53. The summed E-state index contributed by atoms with van der Waals surface area (Å²) in [6, 6.07) is -0.0139. The molecule has 2 rings (SSSR count). The predicted octanol–water partition coefficient (Wildman–Crippen LogP) is 0.0133. The number of hydrogen-bond acceptors (Lipinski definition) is 3. The first-order valence-corrected chi connectivity index (χ1v) is 4.07. The standard InChI is InChI=1S/C8H13NO2/c1-4-5-3-9-7(6(4)5)8(10)11-2/h4-7,9H,3H2,1-2H3/t4?,5-,6+,7+/m1/s1. The third-order valence-corrected chi connectivity index (χ3v) is 3.05. The highest BCUT2D eigenvalue weighted by atomic mass is 16.5. The molecule has 2 aliphatic rings. The van der Waals surface area contributed by atoms with Crippen molar-refractivity contribution < 1.29 is 9.53 Å². The molecule has 1 heterocycles. The van der Waals surface area contributed by atoms with Crippen molar-refractivity contribution in [2.45, 2.75) is 13.0 Å². The molecular formula is C8H13NO2. The molecule has 0 bridgehead atoms. The predicted molar refractivity (Wildman–Crippen MR) is 40.0 cm³/mol. The van der Waals surface area contributed by atoms with Crippen LogP contribution < -0.4 is 5.32 Å². The van der Waals surface area contributed by atoms with Gasteiger partial charge >= 0.3 is 5.97 Å². The average molecular weight is 155 g/mol. The molecule has 3 nitrogen and oxygen atoms in total. The van der Waals surface area contributed by atoms with E-state index in [1.165, 1.54) is 7.11 Å². The fraction of sp³-hybridized carbons (Fsp3) is 0.875. The summed E-state index contributed by atoms with van der Waals surface area (Å²) in [4.78, 5) is 11.1. The monoisotopic (exact) mass is 155 g/mol. The summed E-state index contributed by atoms with van der Waals surface area (Å²) in [5, 5.41) is 3.16. The molecule has 1 N–H and O–H groups in total. The smallest absolute Gasteiger partial charge is 0.323 e. The second kappa shape index (κ2) is 2.21. The Morgan fingerprint density at radius 1 is 1.64 bits per heavy atom. The van der Waals surface area contributed by atoms with E-state index in [1.54, 1.807) is 0 Å². The van der Waals surface area contributed by atoms with Crippen LogP contribution in [-0.2, 0) is 9.53 Å². The Hall–Kier alpha value is -0.570. The largest absolute Gasteiger partial charge is 0.468 e. The van der Waals surface area contributed by atoms with E-state index < -0.39 is 0 Å². The number of esters is 1. The zero-order chi connectivity index (χ0) is 8.01. The van der Waals surface area contributed by atoms with Crippen LogP contribution in [-0.4, -0.2) is 25.7 Å². The zero-order valence-electron chi connectivity index (χ0n) is 6.83. The van der Waals surface area contributed by atoms with Crippen LogP contribution in [0.2, 0.25) is 0 Å². The van der Waals surface area contributed by atoms with Gasteiger partial charge in [-0.25, -0.2) is 0 Å². The number of rotatable bonds is 1. The number of methoxy groups -OCH3 is 1. The van der Waals surface area contributed by atoms with E-state index in [2.05, 4.69) is 17.0 Å². The minimum atomic E-state index is -0.0955. The zero-order valence-corrected chi connectivity index (χ0v) is 6.83. The summed E-state index contributed by atoms with van der Waals surface area (Å²) < 4.78 is 4.68. The molecule has 0 spiro atoms. The summed E-state index contributed by atoms with van der Waals surface area (Å²) >= 11 is 0. The van der Waals surface area contributed by atoms with Crippen LogP contribution in [0.15, 0.2) is 0 Å². The number of carbonyl (C=O) groups excluding carboxylic acids is 1. The maximum atomic E-state index is 11.1. The lowest BCUT2D eigenvalue weighted by molar-refractivity contribution is -0.143. The molecule has 3 heteroatoms. The van der Waals surface area contributed by atoms with E-state index in [1.807, 2.05) is 0 Å². The van der Waals surface area contributed by atoms with Crippen molar-refractivity contribution in [3.63, 3.8) is 0 Å². The molecule has 1 aliphatic heterocycles. The Balaban J connectivity index is 2.01. The third-order valence-electron chi connectivity index (χ3n) is 3.05. The first-order chi connectivity index (χ1) is 5.25. The van der Waals surface area contributed by atoms with E-state index in [4.69, 9.17) is 0 Å². The summed E-state index contributed by atoms with van der Waals surface area (Å²) in [6.45, 7) is 3.19. The van der Waals surface area contributed by atoms with Gasteiger partial charge in [-0.1, -0.05) is 6.92 Å². The summed E-state index contributed by atoms with van der Waals surface area (Å²) in [5.74, 6) is 1.92. The Bertz CT molecular complexity index is 193. The summed E-state index contributed by atoms with van der Waals surface area (Å²) in [6.07, 6.45) is 0. The highest BCUT2D eigenvalue weighted by Gasteiger charge is 2.57. The molecule has 0 aromatic carbocycles. The molecule has 0 amide bonds. The highest BCUT2D eigenvalue weighted by molar-refractivity contribution is 5.77. The van der Waals surface area contributed by atoms with Gasteiger partial charge in [-0.05, 0) is 24.3 Å². The molecule has 1 saturated carbocycles. The number of nitrogens with one attached hydrogen (secondary N) is 1. The van der Waals surface area contributed by atoms with Crippen LogP contribution in [0.25, 0.3) is 0 Å². The van der Waals surface area contributed by atoms with E-state index in [9.17, 15) is 4.79 Å². The third kappa shape index (κ3) is 0.872. The maximum Gasteiger partial charge on any atom is 0.323 e. The van der Waals surface area contributed by atoms with Gasteiger partial charge in [0.1, 0.15) is 6.04 Å². The van der Waals surface area contributed by atoms with Crippen molar-refractivity contribution in [1.82, 2.24) is 5.32 Å². The van der Waals surface area contributed by atoms with Gasteiger partial charge in [-0.2, -0.15) is 0 Å². The van der Waals surface area contributed by atoms with Crippen molar-refractivity contribution in [1.29, 1.82) is 0 Å². The maximum absolute atomic E-state index is 11.1. The van der Waals surface area contributed by atoms with Crippen LogP contribution in [0, 0.1) is 17.8 Å². The summed E-state index contributed by atoms with van der Waals surface area (Å²) in [5.41, 5.74) is 0. The Labute approximate surface area is 66.1 Å². The van der Waals surface area contributed by atoms with Crippen LogP contribution in [0.3, 0.4) is 0 Å². The van der Waals surface area contributed by atoms with Crippen molar-refractivity contribution >= 4 is 5.97 Å². The lowest BCUT2D eigenvalue weighted by Crippen LogP contribution is -2.36. The quantitative estimate of drug-likeness (QED) is 0.542. The van der Waals surface area contributed by atoms with Crippen LogP contribution in [0.5, 0.6) is 0 Å². The molecule has 62 valence electrons. The van der Waals surface area contributed by atoms with Crippen LogP contribution in [0.4, 0.5) is 0 Å². The lowest BCUT2D eigenvalue weighted by atomic mass is 10.2. The highest BCUT2D eigenvalue weighted by Crippen LogP contribution is 2.51. The first-order valence-electron chi connectivity index (χ1n) is 4.07. The van der Waals surface area contributed by atoms with E-state index >= 15 is 0 Å². The van der Waals surface area contributed by atoms with E-state index in [0.29, 0.717) is 5.92 Å². The van der Waals surface area contributed by atoms with E-state index in [-0.39, 0.29) is 12.0 Å². The van der Waals surface area contributed by atoms with Crippen LogP contribution in [0.1, 0.15) is 6.92 Å². The van der Waals surface area contributed by atoms with Gasteiger partial charge in [0.05, 0.1) is 7.11 Å². The van der Waals surface area contributed by atoms with Crippen LogP contribution >= 0.6 is 0 Å². The first kappa shape index (κ1) is 7.10. The van der Waals surface area contributed by atoms with Crippen molar-refractivity contribution in [2.75, 3.05) is 13.7 Å². The normalized spacial score (nSPS) is 46.7. The van der Waals surface area contributed by atoms with Crippen molar-refractivity contribution in [3.8, 4) is 0 Å². The fourth-order valence-corrected chi connectivity index (χ4v) is 2.22. The SMILES string of the molecule is COC(=O)[C@H]1NC[C@@H]2C(C)[C@H]12. The second-order valence-corrected chi connectivity index (χ2v) is 3.51. The number of ether oxygens (including phenoxy) is 1. The number of fused-ring (bicyclic) bond motifs is 1. The van der Waals surface area contributed by atoms with Gasteiger partial charge in [0.25, 0.3) is 0 Å². The summed E-state index contributed by atoms with van der Waals surface area (Å²) in [7, 11) is 1.45. The lowest BCUT2D eigenvalue weighted by Gasteiger charge is -2.10. The fourth-order valence-electron chi connectivity index (χ4n) is 2.22. The molecule has 0 aromatic rings. The van der Waals surface area contributed by atoms with Gasteiger partial charge < -0.3 is 10.1 Å². The molecule has 4 atom stereocenters. The molecular weight excluding hydrogens is 142 g/mol. The Kier molecular flexibility index (Phi) is 1.42. The molecule has 2 fully saturated rings. The van der Waals surface area contributed by atoms with Gasteiger partial charge in [0, 0.05) is 0 Å². The minimum Gasteiger partial charge on any atom is -0.468 e. The minimum absolute atomic E-state index is 0.0139. The topological polar surface area (TPSA) is 38.3 Å². The molecule has 1 unspecified atom stereocenters. The molecule has 1 aliphatic carbocycles. The van der Waals surface area contributed by atoms with Gasteiger partial charge in [0.15, 0.2) is 0 Å².